The Morgan fingerprint density at radius 3 is 2.54 bits per heavy atom. The van der Waals surface area contributed by atoms with E-state index in [-0.39, 0.29) is 5.91 Å². The molecule has 130 valence electrons. The first-order chi connectivity index (χ1) is 12.5. The summed E-state index contributed by atoms with van der Waals surface area (Å²) in [5.41, 5.74) is 2.86. The summed E-state index contributed by atoms with van der Waals surface area (Å²) in [5, 5.41) is 4.95. The van der Waals surface area contributed by atoms with Gasteiger partial charge < -0.3 is 9.88 Å². The van der Waals surface area contributed by atoms with Crippen molar-refractivity contribution >= 4 is 74.4 Å². The van der Waals surface area contributed by atoms with Crippen molar-refractivity contribution in [2.45, 2.75) is 6.54 Å². The summed E-state index contributed by atoms with van der Waals surface area (Å²) in [6.07, 6.45) is 3.87. The molecule has 2 heterocycles. The quantitative estimate of drug-likeness (QED) is 0.451. The first-order valence-corrected chi connectivity index (χ1v) is 9.76. The molecule has 1 fully saturated rings. The molecule has 0 radical (unpaired) electrons. The molecule has 0 unspecified atom stereocenters. The third-order valence-corrected chi connectivity index (χ3v) is 6.01. The third-order valence-electron chi connectivity index (χ3n) is 4.14. The van der Waals surface area contributed by atoms with E-state index < -0.39 is 0 Å². The number of carbonyl (C=O) groups excluding carboxylic acids is 1. The van der Waals surface area contributed by atoms with Gasteiger partial charge in [-0.3, -0.25) is 4.79 Å². The molecule has 0 aliphatic carbocycles. The predicted molar refractivity (Wildman–Crippen MR) is 114 cm³/mol. The van der Waals surface area contributed by atoms with Crippen LogP contribution in [0.15, 0.2) is 53.6 Å². The lowest BCUT2D eigenvalue weighted by Crippen LogP contribution is -2.17. The summed E-state index contributed by atoms with van der Waals surface area (Å²) in [6.45, 7) is 0.542. The number of thioether (sulfide) groups is 1. The van der Waals surface area contributed by atoms with Crippen molar-refractivity contribution in [1.82, 2.24) is 9.88 Å². The summed E-state index contributed by atoms with van der Waals surface area (Å²) in [6, 6.07) is 13.5. The molecule has 26 heavy (non-hydrogen) atoms. The minimum Gasteiger partial charge on any atom is -0.342 e. The van der Waals surface area contributed by atoms with E-state index >= 15 is 0 Å². The van der Waals surface area contributed by atoms with Gasteiger partial charge in [-0.2, -0.15) is 0 Å². The number of halogens is 2. The second kappa shape index (κ2) is 7.08. The molecule has 1 aliphatic heterocycles. The fourth-order valence-corrected chi connectivity index (χ4v) is 4.49. The van der Waals surface area contributed by atoms with Crippen LogP contribution < -0.4 is 5.32 Å². The summed E-state index contributed by atoms with van der Waals surface area (Å²) < 4.78 is 2.57. The lowest BCUT2D eigenvalue weighted by atomic mass is 10.1. The first-order valence-electron chi connectivity index (χ1n) is 7.78. The number of nitrogens with zero attached hydrogens (tertiary/aromatic N) is 1. The zero-order chi connectivity index (χ0) is 18.3. The Bertz CT molecular complexity index is 1070. The van der Waals surface area contributed by atoms with Crippen LogP contribution >= 0.6 is 47.2 Å². The van der Waals surface area contributed by atoms with E-state index in [0.717, 1.165) is 22.0 Å². The van der Waals surface area contributed by atoms with Gasteiger partial charge in [0, 0.05) is 38.3 Å². The molecule has 0 atom stereocenters. The number of nitrogens with one attached hydrogen (secondary N) is 1. The number of para-hydroxylation sites is 1. The van der Waals surface area contributed by atoms with Crippen LogP contribution in [0, 0.1) is 0 Å². The zero-order valence-corrected chi connectivity index (χ0v) is 16.5. The van der Waals surface area contributed by atoms with E-state index in [1.165, 1.54) is 11.8 Å². The lowest BCUT2D eigenvalue weighted by Gasteiger charge is -2.09. The Kier molecular flexibility index (Phi) is 4.80. The molecule has 4 rings (SSSR count). The van der Waals surface area contributed by atoms with Gasteiger partial charge in [-0.25, -0.2) is 0 Å². The van der Waals surface area contributed by atoms with Gasteiger partial charge in [0.25, 0.3) is 5.91 Å². The maximum atomic E-state index is 12.0. The Balaban J connectivity index is 1.81. The summed E-state index contributed by atoms with van der Waals surface area (Å²) in [7, 11) is 0. The van der Waals surface area contributed by atoms with Crippen molar-refractivity contribution in [2.24, 2.45) is 0 Å². The van der Waals surface area contributed by atoms with Gasteiger partial charge in [-0.1, -0.05) is 71.4 Å². The third kappa shape index (κ3) is 3.28. The van der Waals surface area contributed by atoms with Crippen LogP contribution in [0.25, 0.3) is 17.0 Å². The number of thiocarbonyl (C=S) groups is 1. The normalized spacial score (nSPS) is 15.8. The fraction of sp³-hybridized carbons (Fsp3) is 0.0526. The standard InChI is InChI=1S/C19H12Cl2N2OS2/c20-14-5-3-6-15(21)13(14)10-23-9-11(12-4-1-2-7-16(12)23)8-17-18(24)22-19(25)26-17/h1-9H,10H2,(H,22,24,25)/b17-8-. The van der Waals surface area contributed by atoms with Crippen LogP contribution in [0.3, 0.4) is 0 Å². The van der Waals surface area contributed by atoms with E-state index in [1.54, 1.807) is 0 Å². The van der Waals surface area contributed by atoms with Crippen molar-refractivity contribution in [3.8, 4) is 0 Å². The summed E-state index contributed by atoms with van der Waals surface area (Å²) in [4.78, 5) is 12.6. The van der Waals surface area contributed by atoms with Gasteiger partial charge in [0.2, 0.25) is 0 Å². The van der Waals surface area contributed by atoms with Crippen LogP contribution in [0.5, 0.6) is 0 Å². The van der Waals surface area contributed by atoms with Gasteiger partial charge in [0.1, 0.15) is 4.32 Å². The number of fused-ring (bicyclic) bond motifs is 1. The van der Waals surface area contributed by atoms with Crippen LogP contribution in [0.2, 0.25) is 10.0 Å². The number of hydrogen-bond donors (Lipinski definition) is 1. The Labute approximate surface area is 170 Å². The van der Waals surface area contributed by atoms with Gasteiger partial charge in [0.15, 0.2) is 0 Å². The molecule has 1 aliphatic rings. The Morgan fingerprint density at radius 1 is 1.12 bits per heavy atom. The average Bonchev–Trinajstić information content (AvgIpc) is 3.11. The van der Waals surface area contributed by atoms with Crippen LogP contribution in [-0.2, 0) is 11.3 Å². The van der Waals surface area contributed by atoms with E-state index in [4.69, 9.17) is 35.4 Å². The average molecular weight is 419 g/mol. The van der Waals surface area contributed by atoms with E-state index in [0.29, 0.717) is 25.8 Å². The molecule has 1 saturated heterocycles. The molecule has 1 N–H and O–H groups in total. The number of hydrogen-bond acceptors (Lipinski definition) is 3. The smallest absolute Gasteiger partial charge is 0.263 e. The Hall–Kier alpha value is -1.79. The van der Waals surface area contributed by atoms with Crippen molar-refractivity contribution in [3.63, 3.8) is 0 Å². The maximum Gasteiger partial charge on any atom is 0.263 e. The number of amides is 1. The highest BCUT2D eigenvalue weighted by Crippen LogP contribution is 2.32. The maximum absolute atomic E-state index is 12.0. The van der Waals surface area contributed by atoms with E-state index in [9.17, 15) is 4.79 Å². The Morgan fingerprint density at radius 2 is 1.85 bits per heavy atom. The van der Waals surface area contributed by atoms with Gasteiger partial charge >= 0.3 is 0 Å². The fourth-order valence-electron chi connectivity index (χ4n) is 2.94. The highest BCUT2D eigenvalue weighted by Gasteiger charge is 2.22. The van der Waals surface area contributed by atoms with Gasteiger partial charge in [0.05, 0.1) is 11.4 Å². The number of aromatic nitrogens is 1. The molecular formula is C19H12Cl2N2OS2. The van der Waals surface area contributed by atoms with E-state index in [1.807, 2.05) is 54.7 Å². The molecule has 0 bridgehead atoms. The molecule has 3 nitrogen and oxygen atoms in total. The SMILES string of the molecule is O=C1NC(=S)S/C1=C\c1cn(Cc2c(Cl)cccc2Cl)c2ccccc12. The zero-order valence-electron chi connectivity index (χ0n) is 13.3. The largest absolute Gasteiger partial charge is 0.342 e. The van der Waals surface area contributed by atoms with Gasteiger partial charge in [-0.05, 0) is 24.3 Å². The van der Waals surface area contributed by atoms with Crippen LogP contribution in [0.1, 0.15) is 11.1 Å². The second-order valence-electron chi connectivity index (χ2n) is 5.78. The monoisotopic (exact) mass is 418 g/mol. The highest BCUT2D eigenvalue weighted by atomic mass is 35.5. The topological polar surface area (TPSA) is 34.0 Å². The highest BCUT2D eigenvalue weighted by molar-refractivity contribution is 8.26. The van der Waals surface area contributed by atoms with Crippen LogP contribution in [-0.4, -0.2) is 14.8 Å². The van der Waals surface area contributed by atoms with Crippen LogP contribution in [0.4, 0.5) is 0 Å². The van der Waals surface area contributed by atoms with Crippen molar-refractivity contribution in [3.05, 3.63) is 74.7 Å². The molecular weight excluding hydrogens is 407 g/mol. The van der Waals surface area contributed by atoms with E-state index in [2.05, 4.69) is 9.88 Å². The van der Waals surface area contributed by atoms with Crippen molar-refractivity contribution in [1.29, 1.82) is 0 Å². The minimum absolute atomic E-state index is 0.161. The predicted octanol–water partition coefficient (Wildman–Crippen LogP) is 5.49. The first kappa shape index (κ1) is 17.6. The second-order valence-corrected chi connectivity index (χ2v) is 8.32. The van der Waals surface area contributed by atoms with Gasteiger partial charge in [-0.15, -0.1) is 0 Å². The lowest BCUT2D eigenvalue weighted by molar-refractivity contribution is -0.115. The molecule has 1 aromatic heterocycles. The number of rotatable bonds is 3. The van der Waals surface area contributed by atoms with Crippen molar-refractivity contribution in [2.75, 3.05) is 0 Å². The number of carbonyl (C=O) groups is 1. The number of benzene rings is 2. The molecule has 1 amide bonds. The summed E-state index contributed by atoms with van der Waals surface area (Å²) in [5.74, 6) is -0.161. The molecule has 2 aromatic carbocycles. The summed E-state index contributed by atoms with van der Waals surface area (Å²) >= 11 is 19.0. The molecule has 3 aromatic rings. The molecule has 0 spiro atoms. The molecule has 7 heteroatoms. The molecule has 0 saturated carbocycles. The minimum atomic E-state index is -0.161. The van der Waals surface area contributed by atoms with Crippen molar-refractivity contribution < 1.29 is 4.79 Å².